The highest BCUT2D eigenvalue weighted by Gasteiger charge is 2.22. The summed E-state index contributed by atoms with van der Waals surface area (Å²) in [6.07, 6.45) is 2.71. The van der Waals surface area contributed by atoms with E-state index in [0.29, 0.717) is 24.3 Å². The Kier molecular flexibility index (Phi) is 5.60. The lowest BCUT2D eigenvalue weighted by molar-refractivity contribution is -0.132. The Morgan fingerprint density at radius 3 is 2.80 bits per heavy atom. The fraction of sp³-hybridized carbons (Fsp3) is 0.588. The molecule has 0 aromatic heterocycles. The van der Waals surface area contributed by atoms with Crippen LogP contribution in [0, 0.1) is 5.92 Å². The van der Waals surface area contributed by atoms with Crippen LogP contribution in [-0.2, 0) is 11.2 Å². The summed E-state index contributed by atoms with van der Waals surface area (Å²) in [5, 5.41) is 3.57. The number of benzene rings is 1. The van der Waals surface area contributed by atoms with Crippen molar-refractivity contribution < 1.29 is 4.79 Å². The number of carbonyl (C=O) groups is 1. The van der Waals surface area contributed by atoms with Gasteiger partial charge in [0, 0.05) is 25.6 Å². The monoisotopic (exact) mass is 274 g/mol. The van der Waals surface area contributed by atoms with Gasteiger partial charge >= 0.3 is 0 Å². The highest BCUT2D eigenvalue weighted by molar-refractivity contribution is 5.76. The van der Waals surface area contributed by atoms with E-state index in [0.717, 1.165) is 32.5 Å². The normalized spacial score (nSPS) is 19.9. The van der Waals surface area contributed by atoms with Gasteiger partial charge < -0.3 is 10.2 Å². The third-order valence-electron chi connectivity index (χ3n) is 3.74. The third-order valence-corrected chi connectivity index (χ3v) is 3.74. The Bertz CT molecular complexity index is 416. The Morgan fingerprint density at radius 2 is 2.10 bits per heavy atom. The standard InChI is InChI=1S/C17H26N2O/c1-14(2)11-17(20)19-10-6-9-18-16(13-19)12-15-7-4-3-5-8-15/h3-5,7-8,14,16,18H,6,9-13H2,1-2H3. The summed E-state index contributed by atoms with van der Waals surface area (Å²) in [7, 11) is 0. The Morgan fingerprint density at radius 1 is 1.35 bits per heavy atom. The first-order valence-electron chi connectivity index (χ1n) is 7.70. The van der Waals surface area contributed by atoms with Gasteiger partial charge in [0.15, 0.2) is 0 Å². The molecule has 1 aliphatic heterocycles. The van der Waals surface area contributed by atoms with Crippen molar-refractivity contribution in [2.45, 2.75) is 39.2 Å². The molecule has 0 bridgehead atoms. The van der Waals surface area contributed by atoms with Crippen LogP contribution in [0.2, 0.25) is 0 Å². The second kappa shape index (κ2) is 7.44. The Hall–Kier alpha value is -1.35. The molecule has 1 atom stereocenters. The predicted octanol–water partition coefficient (Wildman–Crippen LogP) is 2.47. The molecule has 0 spiro atoms. The first-order chi connectivity index (χ1) is 9.65. The van der Waals surface area contributed by atoms with Crippen molar-refractivity contribution in [3.63, 3.8) is 0 Å². The summed E-state index contributed by atoms with van der Waals surface area (Å²) >= 11 is 0. The summed E-state index contributed by atoms with van der Waals surface area (Å²) in [6.45, 7) is 6.94. The maximum atomic E-state index is 12.3. The molecule has 1 aromatic rings. The lowest BCUT2D eigenvalue weighted by Crippen LogP contribution is -2.42. The van der Waals surface area contributed by atoms with E-state index in [9.17, 15) is 4.79 Å². The third kappa shape index (κ3) is 4.64. The topological polar surface area (TPSA) is 32.3 Å². The second-order valence-electron chi connectivity index (χ2n) is 6.13. The highest BCUT2D eigenvalue weighted by Crippen LogP contribution is 2.11. The van der Waals surface area contributed by atoms with Crippen LogP contribution in [0.5, 0.6) is 0 Å². The average molecular weight is 274 g/mol. The van der Waals surface area contributed by atoms with Crippen molar-refractivity contribution in [2.75, 3.05) is 19.6 Å². The van der Waals surface area contributed by atoms with Gasteiger partial charge in [-0.25, -0.2) is 0 Å². The number of amides is 1. The summed E-state index contributed by atoms with van der Waals surface area (Å²) in [5.74, 6) is 0.744. The molecule has 1 saturated heterocycles. The van der Waals surface area contributed by atoms with Crippen LogP contribution in [-0.4, -0.2) is 36.5 Å². The molecular formula is C17H26N2O. The van der Waals surface area contributed by atoms with E-state index in [1.165, 1.54) is 5.56 Å². The van der Waals surface area contributed by atoms with E-state index in [4.69, 9.17) is 0 Å². The maximum Gasteiger partial charge on any atom is 0.222 e. The minimum atomic E-state index is 0.307. The number of nitrogens with one attached hydrogen (secondary N) is 1. The fourth-order valence-electron chi connectivity index (χ4n) is 2.74. The molecule has 0 radical (unpaired) electrons. The van der Waals surface area contributed by atoms with Gasteiger partial charge in [0.1, 0.15) is 0 Å². The maximum absolute atomic E-state index is 12.3. The van der Waals surface area contributed by atoms with Gasteiger partial charge in [0.05, 0.1) is 0 Å². The summed E-state index contributed by atoms with van der Waals surface area (Å²) < 4.78 is 0. The van der Waals surface area contributed by atoms with E-state index >= 15 is 0 Å². The molecule has 1 unspecified atom stereocenters. The largest absolute Gasteiger partial charge is 0.341 e. The van der Waals surface area contributed by atoms with Gasteiger partial charge in [0.25, 0.3) is 0 Å². The highest BCUT2D eigenvalue weighted by atomic mass is 16.2. The molecule has 3 heteroatoms. The summed E-state index contributed by atoms with van der Waals surface area (Å²) in [5.41, 5.74) is 1.34. The molecule has 1 aromatic carbocycles. The van der Waals surface area contributed by atoms with E-state index in [1.54, 1.807) is 0 Å². The molecule has 20 heavy (non-hydrogen) atoms. The van der Waals surface area contributed by atoms with Crippen LogP contribution in [0.25, 0.3) is 0 Å². The number of hydrogen-bond donors (Lipinski definition) is 1. The SMILES string of the molecule is CC(C)CC(=O)N1CCCNC(Cc2ccccc2)C1. The minimum absolute atomic E-state index is 0.307. The van der Waals surface area contributed by atoms with Crippen LogP contribution < -0.4 is 5.32 Å². The second-order valence-corrected chi connectivity index (χ2v) is 6.13. The first-order valence-corrected chi connectivity index (χ1v) is 7.70. The molecule has 0 saturated carbocycles. The van der Waals surface area contributed by atoms with Crippen molar-refractivity contribution in [1.29, 1.82) is 0 Å². The van der Waals surface area contributed by atoms with Crippen molar-refractivity contribution in [2.24, 2.45) is 5.92 Å². The van der Waals surface area contributed by atoms with Gasteiger partial charge in [-0.2, -0.15) is 0 Å². The van der Waals surface area contributed by atoms with E-state index in [2.05, 4.69) is 43.4 Å². The molecule has 2 rings (SSSR count). The minimum Gasteiger partial charge on any atom is -0.341 e. The van der Waals surface area contributed by atoms with Crippen LogP contribution in [0.4, 0.5) is 0 Å². The average Bonchev–Trinajstić information content (AvgIpc) is 2.65. The molecule has 1 aliphatic rings. The first kappa shape index (κ1) is 15.0. The molecule has 0 aliphatic carbocycles. The summed E-state index contributed by atoms with van der Waals surface area (Å²) in [6, 6.07) is 10.9. The lowest BCUT2D eigenvalue weighted by atomic mass is 10.1. The Labute approximate surface area is 122 Å². The molecular weight excluding hydrogens is 248 g/mol. The number of carbonyl (C=O) groups excluding carboxylic acids is 1. The molecule has 110 valence electrons. The van der Waals surface area contributed by atoms with Gasteiger partial charge in [0.2, 0.25) is 5.91 Å². The van der Waals surface area contributed by atoms with Gasteiger partial charge in [-0.05, 0) is 30.9 Å². The Balaban J connectivity index is 1.94. The van der Waals surface area contributed by atoms with E-state index in [1.807, 2.05) is 11.0 Å². The van der Waals surface area contributed by atoms with Crippen LogP contribution in [0.15, 0.2) is 30.3 Å². The van der Waals surface area contributed by atoms with Crippen LogP contribution in [0.1, 0.15) is 32.3 Å². The smallest absolute Gasteiger partial charge is 0.222 e. The van der Waals surface area contributed by atoms with Gasteiger partial charge in [-0.1, -0.05) is 44.2 Å². The van der Waals surface area contributed by atoms with Crippen LogP contribution >= 0.6 is 0 Å². The van der Waals surface area contributed by atoms with Crippen molar-refractivity contribution in [1.82, 2.24) is 10.2 Å². The van der Waals surface area contributed by atoms with E-state index < -0.39 is 0 Å². The molecule has 1 heterocycles. The number of nitrogens with zero attached hydrogens (tertiary/aromatic N) is 1. The van der Waals surface area contributed by atoms with Crippen molar-refractivity contribution in [3.05, 3.63) is 35.9 Å². The summed E-state index contributed by atoms with van der Waals surface area (Å²) in [4.78, 5) is 14.3. The number of hydrogen-bond acceptors (Lipinski definition) is 2. The molecule has 1 N–H and O–H groups in total. The molecule has 1 fully saturated rings. The van der Waals surface area contributed by atoms with Crippen molar-refractivity contribution in [3.8, 4) is 0 Å². The quantitative estimate of drug-likeness (QED) is 0.915. The van der Waals surface area contributed by atoms with E-state index in [-0.39, 0.29) is 0 Å². The zero-order valence-corrected chi connectivity index (χ0v) is 12.6. The van der Waals surface area contributed by atoms with Gasteiger partial charge in [-0.3, -0.25) is 4.79 Å². The van der Waals surface area contributed by atoms with Gasteiger partial charge in [-0.15, -0.1) is 0 Å². The zero-order chi connectivity index (χ0) is 14.4. The predicted molar refractivity (Wildman–Crippen MR) is 82.6 cm³/mol. The zero-order valence-electron chi connectivity index (χ0n) is 12.6. The molecule has 1 amide bonds. The number of rotatable bonds is 4. The van der Waals surface area contributed by atoms with Crippen molar-refractivity contribution >= 4 is 5.91 Å². The lowest BCUT2D eigenvalue weighted by Gasteiger charge is -2.25. The fourth-order valence-corrected chi connectivity index (χ4v) is 2.74. The van der Waals surface area contributed by atoms with Crippen LogP contribution in [0.3, 0.4) is 0 Å². The molecule has 3 nitrogen and oxygen atoms in total.